The lowest BCUT2D eigenvalue weighted by molar-refractivity contribution is 0.342. The third-order valence-electron chi connectivity index (χ3n) is 4.45. The van der Waals surface area contributed by atoms with Crippen LogP contribution in [0.25, 0.3) is 0 Å². The smallest absolute Gasteiger partial charge is 0.173 e. The maximum absolute atomic E-state index is 13.8. The van der Waals surface area contributed by atoms with E-state index in [-0.39, 0.29) is 11.7 Å². The second-order valence-corrected chi connectivity index (χ2v) is 6.76. The highest BCUT2D eigenvalue weighted by Gasteiger charge is 2.25. The third kappa shape index (κ3) is 4.07. The summed E-state index contributed by atoms with van der Waals surface area (Å²) < 4.78 is 26.8. The number of anilines is 2. The first kappa shape index (κ1) is 17.6. The minimum atomic E-state index is -0.645. The first-order valence-corrected chi connectivity index (χ1v) is 8.69. The molecule has 0 amide bonds. The normalized spacial score (nSPS) is 17.5. The molecule has 1 N–H and O–H groups in total. The van der Waals surface area contributed by atoms with Crippen LogP contribution in [0, 0.1) is 18.6 Å². The van der Waals surface area contributed by atoms with E-state index in [0.29, 0.717) is 5.11 Å². The van der Waals surface area contributed by atoms with Gasteiger partial charge in [0, 0.05) is 37.4 Å². The molecular formula is C19H21F2N3S. The number of hydrogen-bond donors (Lipinski definition) is 1. The minimum Gasteiger partial charge on any atom is -0.365 e. The Labute approximate surface area is 152 Å². The van der Waals surface area contributed by atoms with Crippen molar-refractivity contribution in [2.45, 2.75) is 19.9 Å². The first-order valence-electron chi connectivity index (χ1n) is 8.28. The molecule has 1 aliphatic heterocycles. The lowest BCUT2D eigenvalue weighted by Gasteiger charge is -2.42. The molecule has 132 valence electrons. The van der Waals surface area contributed by atoms with Gasteiger partial charge < -0.3 is 15.1 Å². The number of piperazine rings is 1. The SMILES string of the molecule is Cc1ccc(N2CCN(C(=S)Nc3ccc(F)cc3F)CC2C)cc1. The van der Waals surface area contributed by atoms with E-state index >= 15 is 0 Å². The molecule has 1 aliphatic rings. The third-order valence-corrected chi connectivity index (χ3v) is 4.81. The van der Waals surface area contributed by atoms with Crippen LogP contribution < -0.4 is 10.2 Å². The number of rotatable bonds is 2. The Morgan fingerprint density at radius 3 is 2.48 bits per heavy atom. The molecule has 0 spiro atoms. The van der Waals surface area contributed by atoms with Crippen molar-refractivity contribution >= 4 is 28.7 Å². The molecule has 0 bridgehead atoms. The number of nitrogens with zero attached hydrogens (tertiary/aromatic N) is 2. The van der Waals surface area contributed by atoms with Crippen LogP contribution in [0.1, 0.15) is 12.5 Å². The van der Waals surface area contributed by atoms with E-state index in [9.17, 15) is 8.78 Å². The van der Waals surface area contributed by atoms with Gasteiger partial charge in [-0.3, -0.25) is 0 Å². The minimum absolute atomic E-state index is 0.194. The fourth-order valence-electron chi connectivity index (χ4n) is 3.05. The van der Waals surface area contributed by atoms with Gasteiger partial charge in [0.15, 0.2) is 5.11 Å². The molecular weight excluding hydrogens is 340 g/mol. The molecule has 1 fully saturated rings. The average Bonchev–Trinajstić information content (AvgIpc) is 2.58. The van der Waals surface area contributed by atoms with Crippen molar-refractivity contribution in [2.24, 2.45) is 0 Å². The van der Waals surface area contributed by atoms with Gasteiger partial charge >= 0.3 is 0 Å². The number of halogens is 2. The van der Waals surface area contributed by atoms with Gasteiger partial charge in [0.1, 0.15) is 11.6 Å². The van der Waals surface area contributed by atoms with Gasteiger partial charge in [-0.1, -0.05) is 17.7 Å². The average molecular weight is 361 g/mol. The molecule has 1 unspecified atom stereocenters. The summed E-state index contributed by atoms with van der Waals surface area (Å²) in [5.41, 5.74) is 2.63. The van der Waals surface area contributed by atoms with Crippen molar-refractivity contribution in [1.82, 2.24) is 4.90 Å². The maximum Gasteiger partial charge on any atom is 0.173 e. The molecule has 25 heavy (non-hydrogen) atoms. The van der Waals surface area contributed by atoms with Gasteiger partial charge in [-0.2, -0.15) is 0 Å². The Hall–Kier alpha value is -2.21. The number of nitrogens with one attached hydrogen (secondary N) is 1. The monoisotopic (exact) mass is 361 g/mol. The van der Waals surface area contributed by atoms with Gasteiger partial charge in [-0.05, 0) is 50.3 Å². The van der Waals surface area contributed by atoms with Crippen LogP contribution in [0.4, 0.5) is 20.2 Å². The van der Waals surface area contributed by atoms with E-state index in [1.807, 2.05) is 4.90 Å². The summed E-state index contributed by atoms with van der Waals surface area (Å²) in [6.45, 7) is 6.53. The fourth-order valence-corrected chi connectivity index (χ4v) is 3.32. The second kappa shape index (κ2) is 7.35. The lowest BCUT2D eigenvalue weighted by Crippen LogP contribution is -2.54. The van der Waals surface area contributed by atoms with Crippen LogP contribution >= 0.6 is 12.2 Å². The highest BCUT2D eigenvalue weighted by molar-refractivity contribution is 7.80. The number of aryl methyl sites for hydroxylation is 1. The van der Waals surface area contributed by atoms with E-state index in [2.05, 4.69) is 48.3 Å². The molecule has 0 aliphatic carbocycles. The Bertz CT molecular complexity index is 764. The Kier molecular flexibility index (Phi) is 5.18. The van der Waals surface area contributed by atoms with E-state index in [4.69, 9.17) is 12.2 Å². The zero-order valence-corrected chi connectivity index (χ0v) is 15.1. The van der Waals surface area contributed by atoms with Gasteiger partial charge in [0.25, 0.3) is 0 Å². The van der Waals surface area contributed by atoms with E-state index in [0.717, 1.165) is 25.7 Å². The van der Waals surface area contributed by atoms with Gasteiger partial charge in [0.2, 0.25) is 0 Å². The molecule has 0 radical (unpaired) electrons. The Morgan fingerprint density at radius 1 is 1.12 bits per heavy atom. The van der Waals surface area contributed by atoms with Crippen LogP contribution in [0.15, 0.2) is 42.5 Å². The van der Waals surface area contributed by atoms with E-state index in [1.54, 1.807) is 0 Å². The molecule has 1 heterocycles. The molecule has 2 aromatic rings. The van der Waals surface area contributed by atoms with E-state index in [1.165, 1.54) is 23.4 Å². The van der Waals surface area contributed by atoms with Crippen molar-refractivity contribution in [3.05, 3.63) is 59.7 Å². The van der Waals surface area contributed by atoms with Crippen molar-refractivity contribution in [3.8, 4) is 0 Å². The molecule has 0 saturated carbocycles. The summed E-state index contributed by atoms with van der Waals surface area (Å²) in [5.74, 6) is -1.25. The quantitative estimate of drug-likeness (QED) is 0.809. The molecule has 0 aromatic heterocycles. The van der Waals surface area contributed by atoms with Gasteiger partial charge in [0.05, 0.1) is 5.69 Å². The summed E-state index contributed by atoms with van der Waals surface area (Å²) in [4.78, 5) is 4.37. The summed E-state index contributed by atoms with van der Waals surface area (Å²) in [6, 6.07) is 12.2. The number of hydrogen-bond acceptors (Lipinski definition) is 2. The van der Waals surface area contributed by atoms with Crippen molar-refractivity contribution in [2.75, 3.05) is 29.9 Å². The molecule has 1 atom stereocenters. The Morgan fingerprint density at radius 2 is 1.84 bits per heavy atom. The second-order valence-electron chi connectivity index (χ2n) is 6.38. The van der Waals surface area contributed by atoms with Crippen LogP contribution in [0.5, 0.6) is 0 Å². The summed E-state index contributed by atoms with van der Waals surface area (Å²) in [7, 11) is 0. The zero-order chi connectivity index (χ0) is 18.0. The Balaban J connectivity index is 1.64. The molecule has 6 heteroatoms. The summed E-state index contributed by atoms with van der Waals surface area (Å²) in [6.07, 6.45) is 0. The maximum atomic E-state index is 13.8. The molecule has 3 nitrogen and oxygen atoms in total. The fraction of sp³-hybridized carbons (Fsp3) is 0.316. The highest BCUT2D eigenvalue weighted by Crippen LogP contribution is 2.22. The largest absolute Gasteiger partial charge is 0.365 e. The van der Waals surface area contributed by atoms with Crippen molar-refractivity contribution in [1.29, 1.82) is 0 Å². The summed E-state index contributed by atoms with van der Waals surface area (Å²) >= 11 is 5.41. The standard InChI is InChI=1S/C19H21F2N3S/c1-13-3-6-16(7-4-13)24-10-9-23(12-14(24)2)19(25)22-18-8-5-15(20)11-17(18)21/h3-8,11,14H,9-10,12H2,1-2H3,(H,22,25). The van der Waals surface area contributed by atoms with Crippen molar-refractivity contribution in [3.63, 3.8) is 0 Å². The van der Waals surface area contributed by atoms with Gasteiger partial charge in [-0.25, -0.2) is 8.78 Å². The van der Waals surface area contributed by atoms with Crippen molar-refractivity contribution < 1.29 is 8.78 Å². The first-order chi connectivity index (χ1) is 11.9. The number of benzene rings is 2. The molecule has 3 rings (SSSR count). The van der Waals surface area contributed by atoms with Gasteiger partial charge in [-0.15, -0.1) is 0 Å². The number of thiocarbonyl (C=S) groups is 1. The predicted molar refractivity (Wildman–Crippen MR) is 102 cm³/mol. The zero-order valence-electron chi connectivity index (χ0n) is 14.3. The molecule has 2 aromatic carbocycles. The topological polar surface area (TPSA) is 18.5 Å². The van der Waals surface area contributed by atoms with Crippen LogP contribution in [-0.4, -0.2) is 35.7 Å². The highest BCUT2D eigenvalue weighted by atomic mass is 32.1. The predicted octanol–water partition coefficient (Wildman–Crippen LogP) is 4.18. The molecule has 1 saturated heterocycles. The van der Waals surface area contributed by atoms with Crippen LogP contribution in [-0.2, 0) is 0 Å². The van der Waals surface area contributed by atoms with E-state index < -0.39 is 11.6 Å². The summed E-state index contributed by atoms with van der Waals surface area (Å²) in [5, 5.41) is 3.35. The van der Waals surface area contributed by atoms with Crippen LogP contribution in [0.3, 0.4) is 0 Å². The van der Waals surface area contributed by atoms with Crippen LogP contribution in [0.2, 0.25) is 0 Å². The lowest BCUT2D eigenvalue weighted by atomic mass is 10.1.